The number of halogens is 1. The van der Waals surface area contributed by atoms with E-state index >= 15 is 0 Å². The highest BCUT2D eigenvalue weighted by Crippen LogP contribution is 2.27. The molecule has 1 amide bonds. The molecule has 9 heteroatoms. The third kappa shape index (κ3) is 6.64. The standard InChI is InChI=1S/C27H30ClN3O4S/c1-19-6-7-20(2)25(14-19)30-36(33,34)26-16-23(8-9-24(26)28)27(32)29-17-21-4-3-5-22(15-21)18-31-10-12-35-13-11-31/h3-9,14-16,30H,10-13,17-18H2,1-2H3,(H,29,32). The molecule has 0 bridgehead atoms. The minimum atomic E-state index is -4.00. The van der Waals surface area contributed by atoms with Crippen LogP contribution in [0.5, 0.6) is 0 Å². The number of hydrogen-bond donors (Lipinski definition) is 2. The summed E-state index contributed by atoms with van der Waals surface area (Å²) in [5, 5.41) is 2.92. The van der Waals surface area contributed by atoms with Gasteiger partial charge in [-0.1, -0.05) is 48.0 Å². The number of carbonyl (C=O) groups is 1. The van der Waals surface area contributed by atoms with Crippen molar-refractivity contribution in [3.8, 4) is 0 Å². The van der Waals surface area contributed by atoms with E-state index in [1.807, 2.05) is 38.1 Å². The Morgan fingerprint density at radius 2 is 1.75 bits per heavy atom. The zero-order valence-electron chi connectivity index (χ0n) is 20.4. The lowest BCUT2D eigenvalue weighted by atomic mass is 10.1. The summed E-state index contributed by atoms with van der Waals surface area (Å²) in [6.45, 7) is 8.15. The van der Waals surface area contributed by atoms with Crippen LogP contribution in [0.25, 0.3) is 0 Å². The molecule has 1 heterocycles. The van der Waals surface area contributed by atoms with Gasteiger partial charge in [0.1, 0.15) is 4.90 Å². The average Bonchev–Trinajstić information content (AvgIpc) is 2.85. The van der Waals surface area contributed by atoms with Crippen molar-refractivity contribution in [1.82, 2.24) is 10.2 Å². The van der Waals surface area contributed by atoms with Crippen LogP contribution in [0.2, 0.25) is 5.02 Å². The Hall–Kier alpha value is -2.91. The number of carbonyl (C=O) groups excluding carboxylic acids is 1. The summed E-state index contributed by atoms with van der Waals surface area (Å²) in [6.07, 6.45) is 0. The van der Waals surface area contributed by atoms with E-state index in [2.05, 4.69) is 27.1 Å². The number of aryl methyl sites for hydroxylation is 2. The molecule has 190 valence electrons. The Morgan fingerprint density at radius 3 is 2.53 bits per heavy atom. The van der Waals surface area contributed by atoms with Gasteiger partial charge in [0.15, 0.2) is 0 Å². The Morgan fingerprint density at radius 1 is 1.00 bits per heavy atom. The molecule has 3 aromatic rings. The van der Waals surface area contributed by atoms with Crippen molar-refractivity contribution in [3.63, 3.8) is 0 Å². The highest BCUT2D eigenvalue weighted by molar-refractivity contribution is 7.92. The fourth-order valence-corrected chi connectivity index (χ4v) is 5.68. The van der Waals surface area contributed by atoms with Gasteiger partial charge in [0, 0.05) is 31.7 Å². The van der Waals surface area contributed by atoms with Gasteiger partial charge in [0.2, 0.25) is 0 Å². The molecule has 3 aromatic carbocycles. The molecule has 0 unspecified atom stereocenters. The van der Waals surface area contributed by atoms with Gasteiger partial charge in [-0.15, -0.1) is 0 Å². The first-order chi connectivity index (χ1) is 17.2. The summed E-state index contributed by atoms with van der Waals surface area (Å²) in [5.74, 6) is -0.381. The molecule has 4 rings (SSSR count). The molecule has 1 fully saturated rings. The minimum absolute atomic E-state index is 0.0418. The summed E-state index contributed by atoms with van der Waals surface area (Å²) in [4.78, 5) is 15.1. The number of ether oxygens (including phenoxy) is 1. The molecule has 7 nitrogen and oxygen atoms in total. The Bertz CT molecular complexity index is 1350. The van der Waals surface area contributed by atoms with E-state index in [1.54, 1.807) is 6.07 Å². The second kappa shape index (κ2) is 11.4. The molecular formula is C27H30ClN3O4S. The highest BCUT2D eigenvalue weighted by Gasteiger charge is 2.21. The van der Waals surface area contributed by atoms with E-state index < -0.39 is 10.0 Å². The van der Waals surface area contributed by atoms with Gasteiger partial charge >= 0.3 is 0 Å². The number of nitrogens with one attached hydrogen (secondary N) is 2. The molecule has 1 saturated heterocycles. The van der Waals surface area contributed by atoms with Crippen molar-refractivity contribution in [1.29, 1.82) is 0 Å². The van der Waals surface area contributed by atoms with Crippen LogP contribution in [0.3, 0.4) is 0 Å². The fourth-order valence-electron chi connectivity index (χ4n) is 4.04. The van der Waals surface area contributed by atoms with E-state index in [9.17, 15) is 13.2 Å². The number of morpholine rings is 1. The molecule has 0 aromatic heterocycles. The number of hydrogen-bond acceptors (Lipinski definition) is 5. The molecular weight excluding hydrogens is 498 g/mol. The van der Waals surface area contributed by atoms with Gasteiger partial charge < -0.3 is 10.1 Å². The van der Waals surface area contributed by atoms with Crippen molar-refractivity contribution in [3.05, 3.63) is 93.5 Å². The Balaban J connectivity index is 1.44. The number of amides is 1. The fraction of sp³-hybridized carbons (Fsp3) is 0.296. The first-order valence-corrected chi connectivity index (χ1v) is 13.6. The molecule has 0 spiro atoms. The van der Waals surface area contributed by atoms with Gasteiger partial charge in [0.05, 0.1) is 23.9 Å². The van der Waals surface area contributed by atoms with Crippen LogP contribution in [-0.2, 0) is 27.8 Å². The topological polar surface area (TPSA) is 87.7 Å². The summed E-state index contributed by atoms with van der Waals surface area (Å²) in [7, 11) is -4.00. The summed E-state index contributed by atoms with van der Waals surface area (Å²) < 4.78 is 34.2. The molecule has 1 aliphatic heterocycles. The quantitative estimate of drug-likeness (QED) is 0.450. The maximum absolute atomic E-state index is 13.1. The van der Waals surface area contributed by atoms with Gasteiger partial charge in [-0.3, -0.25) is 14.4 Å². The SMILES string of the molecule is Cc1ccc(C)c(NS(=O)(=O)c2cc(C(=O)NCc3cccc(CN4CCOCC4)c3)ccc2Cl)c1. The van der Waals surface area contributed by atoms with Crippen molar-refractivity contribution < 1.29 is 17.9 Å². The third-order valence-corrected chi connectivity index (χ3v) is 7.92. The predicted molar refractivity (Wildman–Crippen MR) is 142 cm³/mol. The largest absolute Gasteiger partial charge is 0.379 e. The van der Waals surface area contributed by atoms with Crippen molar-refractivity contribution in [2.45, 2.75) is 31.8 Å². The zero-order chi connectivity index (χ0) is 25.7. The van der Waals surface area contributed by atoms with E-state index in [0.717, 1.165) is 49.5 Å². The lowest BCUT2D eigenvalue weighted by Gasteiger charge is -2.26. The monoisotopic (exact) mass is 527 g/mol. The first kappa shape index (κ1) is 26.2. The van der Waals surface area contributed by atoms with Crippen LogP contribution >= 0.6 is 11.6 Å². The predicted octanol–water partition coefficient (Wildman–Crippen LogP) is 4.52. The van der Waals surface area contributed by atoms with Crippen LogP contribution in [0.4, 0.5) is 5.69 Å². The number of nitrogens with zero attached hydrogens (tertiary/aromatic N) is 1. The lowest BCUT2D eigenvalue weighted by Crippen LogP contribution is -2.35. The minimum Gasteiger partial charge on any atom is -0.379 e. The number of benzene rings is 3. The van der Waals surface area contributed by atoms with Crippen molar-refractivity contribution in [2.75, 3.05) is 31.0 Å². The van der Waals surface area contributed by atoms with Gasteiger partial charge in [-0.2, -0.15) is 0 Å². The molecule has 0 saturated carbocycles. The number of anilines is 1. The van der Waals surface area contributed by atoms with Crippen LogP contribution in [0, 0.1) is 13.8 Å². The van der Waals surface area contributed by atoms with E-state index in [1.165, 1.54) is 23.8 Å². The highest BCUT2D eigenvalue weighted by atomic mass is 35.5. The van der Waals surface area contributed by atoms with Crippen LogP contribution in [-0.4, -0.2) is 45.5 Å². The summed E-state index contributed by atoms with van der Waals surface area (Å²) >= 11 is 6.23. The van der Waals surface area contributed by atoms with Gasteiger partial charge in [0.25, 0.3) is 15.9 Å². The van der Waals surface area contributed by atoms with Gasteiger partial charge in [-0.25, -0.2) is 8.42 Å². The van der Waals surface area contributed by atoms with E-state index in [4.69, 9.17) is 16.3 Å². The van der Waals surface area contributed by atoms with Crippen LogP contribution in [0.15, 0.2) is 65.6 Å². The molecule has 0 radical (unpaired) electrons. The molecule has 0 atom stereocenters. The molecule has 36 heavy (non-hydrogen) atoms. The Labute approximate surface area is 217 Å². The maximum atomic E-state index is 13.1. The van der Waals surface area contributed by atoms with Gasteiger partial charge in [-0.05, 0) is 60.4 Å². The smallest absolute Gasteiger partial charge is 0.263 e. The van der Waals surface area contributed by atoms with Crippen LogP contribution in [0.1, 0.15) is 32.6 Å². The zero-order valence-corrected chi connectivity index (χ0v) is 22.0. The summed E-state index contributed by atoms with van der Waals surface area (Å²) in [6, 6.07) is 17.8. The third-order valence-electron chi connectivity index (χ3n) is 6.07. The normalized spacial score (nSPS) is 14.4. The number of rotatable bonds is 8. The average molecular weight is 528 g/mol. The molecule has 0 aliphatic carbocycles. The number of sulfonamides is 1. The Kier molecular flexibility index (Phi) is 8.31. The lowest BCUT2D eigenvalue weighted by molar-refractivity contribution is 0.0342. The molecule has 1 aliphatic rings. The summed E-state index contributed by atoms with van der Waals surface area (Å²) in [5.41, 5.74) is 4.52. The maximum Gasteiger partial charge on any atom is 0.263 e. The van der Waals surface area contributed by atoms with Crippen molar-refractivity contribution >= 4 is 33.2 Å². The van der Waals surface area contributed by atoms with Crippen molar-refractivity contribution in [2.24, 2.45) is 0 Å². The van der Waals surface area contributed by atoms with E-state index in [0.29, 0.717) is 12.2 Å². The second-order valence-electron chi connectivity index (χ2n) is 8.96. The second-order valence-corrected chi connectivity index (χ2v) is 11.0. The molecule has 2 N–H and O–H groups in total. The first-order valence-electron chi connectivity index (χ1n) is 11.8. The van der Waals surface area contributed by atoms with Crippen LogP contribution < -0.4 is 10.0 Å². The van der Waals surface area contributed by atoms with E-state index in [-0.39, 0.29) is 21.4 Å².